The van der Waals surface area contributed by atoms with Gasteiger partial charge in [-0.3, -0.25) is 14.5 Å². The maximum Gasteiger partial charge on any atom is 0.410 e. The zero-order chi connectivity index (χ0) is 18.6. The maximum atomic E-state index is 12.4. The van der Waals surface area contributed by atoms with Crippen molar-refractivity contribution < 1.29 is 19.1 Å². The van der Waals surface area contributed by atoms with Gasteiger partial charge >= 0.3 is 6.09 Å². The van der Waals surface area contributed by atoms with Gasteiger partial charge < -0.3 is 10.1 Å². The molecule has 1 fully saturated rings. The zero-order valence-electron chi connectivity index (χ0n) is 14.7. The number of likely N-dealkylation sites (tertiary alicyclic amines) is 1. The molecule has 0 bridgehead atoms. The van der Waals surface area contributed by atoms with Gasteiger partial charge in [-0.05, 0) is 45.7 Å². The number of carbonyl (C=O) groups excluding carboxylic acids is 3. The van der Waals surface area contributed by atoms with Gasteiger partial charge in [-0.15, -0.1) is 0 Å². The van der Waals surface area contributed by atoms with Crippen molar-refractivity contribution in [3.8, 4) is 0 Å². The van der Waals surface area contributed by atoms with E-state index in [1.807, 2.05) is 0 Å². The lowest BCUT2D eigenvalue weighted by Gasteiger charge is -2.28. The molecular weight excluding hydrogens is 388 g/mol. The van der Waals surface area contributed by atoms with E-state index >= 15 is 0 Å². The van der Waals surface area contributed by atoms with E-state index < -0.39 is 17.7 Å². The third-order valence-corrected chi connectivity index (χ3v) is 4.30. The minimum atomic E-state index is -0.613. The van der Waals surface area contributed by atoms with Crippen LogP contribution in [0.2, 0.25) is 0 Å². The van der Waals surface area contributed by atoms with Crippen molar-refractivity contribution in [1.82, 2.24) is 10.2 Å². The van der Waals surface area contributed by atoms with Crippen molar-refractivity contribution in [2.45, 2.75) is 45.3 Å². The highest BCUT2D eigenvalue weighted by Crippen LogP contribution is 2.21. The Balaban J connectivity index is 1.92. The highest BCUT2D eigenvalue weighted by molar-refractivity contribution is 9.10. The third kappa shape index (κ3) is 5.56. The Labute approximate surface area is 156 Å². The van der Waals surface area contributed by atoms with Crippen molar-refractivity contribution in [2.75, 3.05) is 13.1 Å². The van der Waals surface area contributed by atoms with E-state index in [2.05, 4.69) is 21.2 Å². The Kier molecular flexibility index (Phi) is 6.21. The second kappa shape index (κ2) is 7.99. The summed E-state index contributed by atoms with van der Waals surface area (Å²) in [6.45, 7) is 5.74. The molecule has 6 nitrogen and oxygen atoms in total. The molecule has 1 saturated heterocycles. The van der Waals surface area contributed by atoms with Crippen molar-refractivity contribution in [1.29, 1.82) is 0 Å². The number of nitrogens with one attached hydrogen (secondary N) is 1. The van der Waals surface area contributed by atoms with Crippen LogP contribution in [0.25, 0.3) is 0 Å². The summed E-state index contributed by atoms with van der Waals surface area (Å²) in [5, 5.41) is 2.64. The molecule has 1 unspecified atom stereocenters. The van der Waals surface area contributed by atoms with E-state index in [4.69, 9.17) is 4.74 Å². The average Bonchev–Trinajstić information content (AvgIpc) is 3.01. The Morgan fingerprint density at radius 3 is 2.48 bits per heavy atom. The molecule has 0 aromatic heterocycles. The number of amides is 2. The fraction of sp³-hybridized carbons (Fsp3) is 0.500. The predicted molar refractivity (Wildman–Crippen MR) is 97.4 cm³/mol. The normalized spacial score (nSPS) is 17.3. The average molecular weight is 411 g/mol. The van der Waals surface area contributed by atoms with Crippen LogP contribution in [0.3, 0.4) is 0 Å². The molecule has 0 spiro atoms. The van der Waals surface area contributed by atoms with E-state index in [1.54, 1.807) is 45.0 Å². The molecule has 0 saturated carbocycles. The molecule has 25 heavy (non-hydrogen) atoms. The minimum absolute atomic E-state index is 0.0981. The molecule has 2 rings (SSSR count). The van der Waals surface area contributed by atoms with Crippen LogP contribution in [0.4, 0.5) is 4.79 Å². The number of carbonyl (C=O) groups is 3. The number of nitrogens with zero attached hydrogens (tertiary/aromatic N) is 1. The summed E-state index contributed by atoms with van der Waals surface area (Å²) in [6, 6.07) is 6.35. The van der Waals surface area contributed by atoms with Gasteiger partial charge in [0.25, 0.3) is 0 Å². The van der Waals surface area contributed by atoms with Gasteiger partial charge in [-0.1, -0.05) is 28.1 Å². The van der Waals surface area contributed by atoms with Crippen LogP contribution in [-0.2, 0) is 9.53 Å². The molecule has 1 aliphatic rings. The molecule has 7 heteroatoms. The first-order valence-electron chi connectivity index (χ1n) is 8.23. The van der Waals surface area contributed by atoms with Gasteiger partial charge in [0.2, 0.25) is 5.91 Å². The first-order chi connectivity index (χ1) is 11.7. The van der Waals surface area contributed by atoms with Crippen LogP contribution in [0.1, 0.15) is 44.0 Å². The first-order valence-corrected chi connectivity index (χ1v) is 9.03. The molecule has 1 N–H and O–H groups in total. The molecule has 2 amide bonds. The third-order valence-electron chi connectivity index (χ3n) is 3.77. The molecule has 1 aromatic carbocycles. The van der Waals surface area contributed by atoms with Gasteiger partial charge in [0, 0.05) is 16.6 Å². The van der Waals surface area contributed by atoms with Gasteiger partial charge in [-0.2, -0.15) is 0 Å². The van der Waals surface area contributed by atoms with Gasteiger partial charge in [-0.25, -0.2) is 4.79 Å². The Bertz CT molecular complexity index is 652. The quantitative estimate of drug-likeness (QED) is 0.773. The lowest BCUT2D eigenvalue weighted by Crippen LogP contribution is -2.48. The highest BCUT2D eigenvalue weighted by atomic mass is 79.9. The summed E-state index contributed by atoms with van der Waals surface area (Å²) in [5.41, 5.74) is -0.0861. The van der Waals surface area contributed by atoms with Crippen LogP contribution in [-0.4, -0.2) is 47.4 Å². The lowest BCUT2D eigenvalue weighted by atomic mass is 10.1. The van der Waals surface area contributed by atoms with Crippen LogP contribution in [0.5, 0.6) is 0 Å². The SMILES string of the molecule is CC(C)(C)OC(=O)N1CCCC1C(=O)NCC(=O)c1ccc(Br)cc1. The molecular formula is C18H23BrN2O4. The van der Waals surface area contributed by atoms with E-state index in [-0.39, 0.29) is 18.2 Å². The summed E-state index contributed by atoms with van der Waals surface area (Å²) in [6.07, 6.45) is 0.805. The van der Waals surface area contributed by atoms with Crippen molar-refractivity contribution in [3.63, 3.8) is 0 Å². The largest absolute Gasteiger partial charge is 0.444 e. The number of rotatable bonds is 4. The van der Waals surface area contributed by atoms with Crippen molar-refractivity contribution >= 4 is 33.7 Å². The maximum absolute atomic E-state index is 12.4. The molecule has 136 valence electrons. The second-order valence-corrected chi connectivity index (χ2v) is 7.90. The van der Waals surface area contributed by atoms with Crippen molar-refractivity contribution in [2.24, 2.45) is 0 Å². The monoisotopic (exact) mass is 410 g/mol. The van der Waals surface area contributed by atoms with Gasteiger partial charge in [0.1, 0.15) is 11.6 Å². The van der Waals surface area contributed by atoms with E-state index in [0.29, 0.717) is 18.5 Å². The number of ketones is 1. The summed E-state index contributed by atoms with van der Waals surface area (Å²) < 4.78 is 6.23. The predicted octanol–water partition coefficient (Wildman–Crippen LogP) is 3.15. The summed E-state index contributed by atoms with van der Waals surface area (Å²) in [4.78, 5) is 38.2. The number of hydrogen-bond acceptors (Lipinski definition) is 4. The molecule has 1 atom stereocenters. The Hall–Kier alpha value is -1.89. The highest BCUT2D eigenvalue weighted by Gasteiger charge is 2.36. The van der Waals surface area contributed by atoms with E-state index in [0.717, 1.165) is 10.9 Å². The number of ether oxygens (including phenoxy) is 1. The number of Topliss-reactive ketones (excluding diaryl/α,β-unsaturated/α-hetero) is 1. The summed E-state index contributed by atoms with van der Waals surface area (Å²) >= 11 is 3.31. The second-order valence-electron chi connectivity index (χ2n) is 6.98. The molecule has 1 aliphatic heterocycles. The lowest BCUT2D eigenvalue weighted by molar-refractivity contribution is -0.125. The van der Waals surface area contributed by atoms with Gasteiger partial charge in [0.05, 0.1) is 6.54 Å². The number of benzene rings is 1. The number of hydrogen-bond donors (Lipinski definition) is 1. The number of halogens is 1. The van der Waals surface area contributed by atoms with E-state index in [9.17, 15) is 14.4 Å². The minimum Gasteiger partial charge on any atom is -0.444 e. The van der Waals surface area contributed by atoms with Crippen LogP contribution in [0.15, 0.2) is 28.7 Å². The molecule has 0 radical (unpaired) electrons. The smallest absolute Gasteiger partial charge is 0.410 e. The van der Waals surface area contributed by atoms with E-state index in [1.165, 1.54) is 4.90 Å². The van der Waals surface area contributed by atoms with Crippen molar-refractivity contribution in [3.05, 3.63) is 34.3 Å². The van der Waals surface area contributed by atoms with Crippen LogP contribution < -0.4 is 5.32 Å². The zero-order valence-corrected chi connectivity index (χ0v) is 16.3. The van der Waals surface area contributed by atoms with Crippen LogP contribution in [0, 0.1) is 0 Å². The standard InChI is InChI=1S/C18H23BrN2O4/c1-18(2,3)25-17(24)21-10-4-5-14(21)16(23)20-11-15(22)12-6-8-13(19)9-7-12/h6-9,14H,4-5,10-11H2,1-3H3,(H,20,23). The Morgan fingerprint density at radius 2 is 1.88 bits per heavy atom. The molecule has 1 heterocycles. The fourth-order valence-electron chi connectivity index (χ4n) is 2.60. The Morgan fingerprint density at radius 1 is 1.24 bits per heavy atom. The molecule has 1 aromatic rings. The van der Waals surface area contributed by atoms with Crippen LogP contribution >= 0.6 is 15.9 Å². The fourth-order valence-corrected chi connectivity index (χ4v) is 2.87. The topological polar surface area (TPSA) is 75.7 Å². The summed E-state index contributed by atoms with van der Waals surface area (Å²) in [7, 11) is 0. The molecule has 0 aliphatic carbocycles. The first kappa shape index (κ1) is 19.4. The summed E-state index contributed by atoms with van der Waals surface area (Å²) in [5.74, 6) is -0.503. The van der Waals surface area contributed by atoms with Gasteiger partial charge in [0.15, 0.2) is 5.78 Å².